The molecular formula is C26H31N3O3S2. The van der Waals surface area contributed by atoms with Crippen LogP contribution in [0.15, 0.2) is 52.7 Å². The first kappa shape index (κ1) is 24.6. The smallest absolute Gasteiger partial charge is 0.257 e. The molecule has 0 saturated carbocycles. The summed E-state index contributed by atoms with van der Waals surface area (Å²) in [5.41, 5.74) is 4.03. The van der Waals surface area contributed by atoms with E-state index in [0.717, 1.165) is 30.5 Å². The lowest BCUT2D eigenvalue weighted by Gasteiger charge is -2.26. The molecule has 3 aromatic rings. The molecule has 0 atom stereocenters. The van der Waals surface area contributed by atoms with Crippen molar-refractivity contribution in [1.29, 1.82) is 0 Å². The van der Waals surface area contributed by atoms with Crippen LogP contribution in [-0.2, 0) is 15.4 Å². The summed E-state index contributed by atoms with van der Waals surface area (Å²) in [5.74, 6) is -0.376. The number of amides is 1. The van der Waals surface area contributed by atoms with Crippen LogP contribution in [0.2, 0.25) is 0 Å². The third kappa shape index (κ3) is 5.24. The number of nitrogens with one attached hydrogen (secondary N) is 1. The maximum absolute atomic E-state index is 13.2. The average Bonchev–Trinajstić information content (AvgIpc) is 3.27. The molecule has 34 heavy (non-hydrogen) atoms. The van der Waals surface area contributed by atoms with Crippen LogP contribution in [0.25, 0.3) is 11.3 Å². The van der Waals surface area contributed by atoms with E-state index in [2.05, 4.69) is 43.2 Å². The molecule has 6 nitrogen and oxygen atoms in total. The number of hydrogen-bond donors (Lipinski definition) is 1. The first-order chi connectivity index (χ1) is 16.1. The van der Waals surface area contributed by atoms with E-state index in [1.165, 1.54) is 27.3 Å². The number of aryl methyl sites for hydroxylation is 1. The van der Waals surface area contributed by atoms with E-state index in [4.69, 9.17) is 0 Å². The van der Waals surface area contributed by atoms with Crippen LogP contribution in [0.3, 0.4) is 0 Å². The molecule has 0 radical (unpaired) electrons. The van der Waals surface area contributed by atoms with Gasteiger partial charge in [-0.25, -0.2) is 13.4 Å². The summed E-state index contributed by atoms with van der Waals surface area (Å²) in [6.45, 7) is 9.33. The maximum atomic E-state index is 13.2. The molecule has 1 aliphatic rings. The number of nitrogens with zero attached hydrogens (tertiary/aromatic N) is 2. The SMILES string of the molecule is Cc1ccc(C(=O)Nc2nc(-c3ccc(C(C)(C)C)cc3)cs2)cc1S(=O)(=O)N1CCCCC1. The predicted octanol–water partition coefficient (Wildman–Crippen LogP) is 5.84. The van der Waals surface area contributed by atoms with Gasteiger partial charge in [-0.15, -0.1) is 11.3 Å². The van der Waals surface area contributed by atoms with Crippen LogP contribution in [0, 0.1) is 6.92 Å². The Hall–Kier alpha value is -2.55. The molecule has 1 fully saturated rings. The first-order valence-corrected chi connectivity index (χ1v) is 13.9. The zero-order valence-corrected chi connectivity index (χ0v) is 21.7. The number of rotatable bonds is 5. The second-order valence-electron chi connectivity index (χ2n) is 9.76. The molecular weight excluding hydrogens is 466 g/mol. The number of benzene rings is 2. The lowest BCUT2D eigenvalue weighted by atomic mass is 9.86. The Morgan fingerprint density at radius 1 is 1.03 bits per heavy atom. The van der Waals surface area contributed by atoms with Gasteiger partial charge in [0.1, 0.15) is 0 Å². The van der Waals surface area contributed by atoms with Gasteiger partial charge >= 0.3 is 0 Å². The number of carbonyl (C=O) groups excluding carboxylic acids is 1. The topological polar surface area (TPSA) is 79.4 Å². The molecule has 1 saturated heterocycles. The van der Waals surface area contributed by atoms with Crippen LogP contribution < -0.4 is 5.32 Å². The molecule has 1 aromatic heterocycles. The Kier molecular flexibility index (Phi) is 6.94. The molecule has 1 N–H and O–H groups in total. The number of aromatic nitrogens is 1. The van der Waals surface area contributed by atoms with Crippen LogP contribution in [0.5, 0.6) is 0 Å². The third-order valence-electron chi connectivity index (χ3n) is 6.15. The van der Waals surface area contributed by atoms with Gasteiger partial charge in [0.15, 0.2) is 5.13 Å². The van der Waals surface area contributed by atoms with Crippen molar-refractivity contribution >= 4 is 32.4 Å². The molecule has 2 heterocycles. The van der Waals surface area contributed by atoms with Crippen LogP contribution in [0.4, 0.5) is 5.13 Å². The van der Waals surface area contributed by atoms with Gasteiger partial charge in [0.05, 0.1) is 10.6 Å². The standard InChI is InChI=1S/C26H31N3O3S2/c1-18-8-9-20(16-23(18)34(31,32)29-14-6-5-7-15-29)24(30)28-25-27-22(17-33-25)19-10-12-21(13-11-19)26(2,3)4/h8-13,16-17H,5-7,14-15H2,1-4H3,(H,27,28,30). The quantitative estimate of drug-likeness (QED) is 0.480. The fourth-order valence-corrected chi connectivity index (χ4v) is 6.52. The van der Waals surface area contributed by atoms with E-state index >= 15 is 0 Å². The molecule has 8 heteroatoms. The molecule has 0 aliphatic carbocycles. The van der Waals surface area contributed by atoms with E-state index in [-0.39, 0.29) is 16.2 Å². The second kappa shape index (κ2) is 9.60. The Bertz CT molecular complexity index is 1280. The van der Waals surface area contributed by atoms with Crippen LogP contribution in [0.1, 0.15) is 61.5 Å². The zero-order chi connectivity index (χ0) is 24.5. The van der Waals surface area contributed by atoms with Crippen molar-refractivity contribution in [3.63, 3.8) is 0 Å². The average molecular weight is 498 g/mol. The molecule has 1 amide bonds. The fourth-order valence-electron chi connectivity index (χ4n) is 4.04. The van der Waals surface area contributed by atoms with E-state index < -0.39 is 10.0 Å². The zero-order valence-electron chi connectivity index (χ0n) is 20.1. The molecule has 4 rings (SSSR count). The van der Waals surface area contributed by atoms with Crippen LogP contribution in [-0.4, -0.2) is 36.7 Å². The molecule has 2 aromatic carbocycles. The van der Waals surface area contributed by atoms with Crippen molar-refractivity contribution in [2.75, 3.05) is 18.4 Å². The highest BCUT2D eigenvalue weighted by molar-refractivity contribution is 7.89. The van der Waals surface area contributed by atoms with Gasteiger partial charge in [0, 0.05) is 29.6 Å². The summed E-state index contributed by atoms with van der Waals surface area (Å²) in [4.78, 5) is 17.7. The van der Waals surface area contributed by atoms with Crippen molar-refractivity contribution in [2.24, 2.45) is 0 Å². The summed E-state index contributed by atoms with van der Waals surface area (Å²) in [7, 11) is -3.63. The monoisotopic (exact) mass is 497 g/mol. The predicted molar refractivity (Wildman–Crippen MR) is 138 cm³/mol. The van der Waals surface area contributed by atoms with Gasteiger partial charge in [-0.05, 0) is 48.4 Å². The summed E-state index contributed by atoms with van der Waals surface area (Å²) in [6, 6.07) is 13.1. The molecule has 180 valence electrons. The lowest BCUT2D eigenvalue weighted by Crippen LogP contribution is -2.36. The molecule has 0 bridgehead atoms. The van der Waals surface area contributed by atoms with Gasteiger partial charge in [-0.2, -0.15) is 4.31 Å². The molecule has 1 aliphatic heterocycles. The number of sulfonamides is 1. The molecule has 0 spiro atoms. The van der Waals surface area contributed by atoms with Crippen LogP contribution >= 0.6 is 11.3 Å². The summed E-state index contributed by atoms with van der Waals surface area (Å²) < 4.78 is 27.9. The Labute approximate surface area is 206 Å². The van der Waals surface area contributed by atoms with Gasteiger partial charge in [-0.1, -0.05) is 57.5 Å². The maximum Gasteiger partial charge on any atom is 0.257 e. The summed E-state index contributed by atoms with van der Waals surface area (Å²) in [5, 5.41) is 5.20. The van der Waals surface area contributed by atoms with E-state index in [9.17, 15) is 13.2 Å². The highest BCUT2D eigenvalue weighted by atomic mass is 32.2. The first-order valence-electron chi connectivity index (χ1n) is 11.5. The van der Waals surface area contributed by atoms with Crippen molar-refractivity contribution in [3.8, 4) is 11.3 Å². The van der Waals surface area contributed by atoms with Gasteiger partial charge < -0.3 is 0 Å². The minimum Gasteiger partial charge on any atom is -0.298 e. The van der Waals surface area contributed by atoms with Crippen molar-refractivity contribution < 1.29 is 13.2 Å². The Morgan fingerprint density at radius 3 is 2.35 bits per heavy atom. The third-order valence-corrected chi connectivity index (χ3v) is 8.95. The van der Waals surface area contributed by atoms with E-state index in [1.807, 2.05) is 17.5 Å². The largest absolute Gasteiger partial charge is 0.298 e. The summed E-state index contributed by atoms with van der Waals surface area (Å²) >= 11 is 1.34. The Balaban J connectivity index is 1.52. The highest BCUT2D eigenvalue weighted by Gasteiger charge is 2.28. The number of carbonyl (C=O) groups is 1. The van der Waals surface area contributed by atoms with Gasteiger partial charge in [0.2, 0.25) is 10.0 Å². The van der Waals surface area contributed by atoms with Crippen molar-refractivity contribution in [2.45, 2.75) is 57.3 Å². The number of piperidine rings is 1. The van der Waals surface area contributed by atoms with Crippen molar-refractivity contribution in [1.82, 2.24) is 9.29 Å². The highest BCUT2D eigenvalue weighted by Crippen LogP contribution is 2.29. The normalized spacial score (nSPS) is 15.3. The number of anilines is 1. The Morgan fingerprint density at radius 2 is 1.71 bits per heavy atom. The molecule has 0 unspecified atom stereocenters. The summed E-state index contributed by atoms with van der Waals surface area (Å²) in [6.07, 6.45) is 2.78. The number of thiazole rings is 1. The van der Waals surface area contributed by atoms with Gasteiger partial charge in [0.25, 0.3) is 5.91 Å². The minimum atomic E-state index is -3.63. The van der Waals surface area contributed by atoms with E-state index in [1.54, 1.807) is 19.1 Å². The van der Waals surface area contributed by atoms with Crippen molar-refractivity contribution in [3.05, 3.63) is 64.5 Å². The lowest BCUT2D eigenvalue weighted by molar-refractivity contribution is 0.102. The number of hydrogen-bond acceptors (Lipinski definition) is 5. The van der Waals surface area contributed by atoms with Gasteiger partial charge in [-0.3, -0.25) is 10.1 Å². The fraction of sp³-hybridized carbons (Fsp3) is 0.385. The van der Waals surface area contributed by atoms with E-state index in [0.29, 0.717) is 29.3 Å². The minimum absolute atomic E-state index is 0.0775. The second-order valence-corrected chi connectivity index (χ2v) is 12.5.